The number of nitrogens with zero attached hydrogens (tertiary/aromatic N) is 2. The lowest BCUT2D eigenvalue weighted by atomic mass is 9.98. The Bertz CT molecular complexity index is 399. The monoisotopic (exact) mass is 283 g/mol. The summed E-state index contributed by atoms with van der Waals surface area (Å²) in [6.45, 7) is 6.76. The van der Waals surface area contributed by atoms with Gasteiger partial charge in [0, 0.05) is 44.5 Å². The first kappa shape index (κ1) is 15.9. The van der Waals surface area contributed by atoms with E-state index in [1.165, 1.54) is 5.56 Å². The van der Waals surface area contributed by atoms with E-state index in [0.29, 0.717) is 12.5 Å². The second-order valence-electron chi connectivity index (χ2n) is 5.08. The Morgan fingerprint density at radius 2 is 2.21 bits per heavy atom. The number of rotatable bonds is 3. The molecule has 1 N–H and O–H groups in total. The average Bonchev–Trinajstić information content (AvgIpc) is 2.39. The molecule has 4 nitrogen and oxygen atoms in total. The Hall–Kier alpha value is -1.13. The number of amides is 1. The van der Waals surface area contributed by atoms with Gasteiger partial charge in [-0.1, -0.05) is 6.92 Å². The molecular formula is C14H22ClN3O. The fourth-order valence-electron chi connectivity index (χ4n) is 2.36. The summed E-state index contributed by atoms with van der Waals surface area (Å²) in [5, 5.41) is 3.35. The van der Waals surface area contributed by atoms with Gasteiger partial charge in [0.05, 0.1) is 0 Å². The quantitative estimate of drug-likeness (QED) is 0.920. The SMILES string of the molecule is CC1CN(C(=O)CC(C)c2ccncc2)CCN1.Cl. The third-order valence-electron chi connectivity index (χ3n) is 3.48. The topological polar surface area (TPSA) is 45.2 Å². The van der Waals surface area contributed by atoms with Crippen molar-refractivity contribution in [3.05, 3.63) is 30.1 Å². The molecule has 1 aromatic heterocycles. The molecule has 2 heterocycles. The Balaban J connectivity index is 0.00000180. The van der Waals surface area contributed by atoms with Gasteiger partial charge in [-0.05, 0) is 30.5 Å². The van der Waals surface area contributed by atoms with Crippen LogP contribution in [0.5, 0.6) is 0 Å². The zero-order valence-corrected chi connectivity index (χ0v) is 12.3. The van der Waals surface area contributed by atoms with Crippen molar-refractivity contribution < 1.29 is 4.79 Å². The number of pyridine rings is 1. The maximum absolute atomic E-state index is 12.2. The van der Waals surface area contributed by atoms with Crippen LogP contribution in [0.4, 0.5) is 0 Å². The van der Waals surface area contributed by atoms with Crippen molar-refractivity contribution in [2.75, 3.05) is 19.6 Å². The summed E-state index contributed by atoms with van der Waals surface area (Å²) in [5.41, 5.74) is 1.18. The molecule has 106 valence electrons. The molecule has 2 atom stereocenters. The highest BCUT2D eigenvalue weighted by Gasteiger charge is 2.22. The molecule has 1 aliphatic heterocycles. The van der Waals surface area contributed by atoms with Crippen molar-refractivity contribution in [1.29, 1.82) is 0 Å². The molecule has 5 heteroatoms. The van der Waals surface area contributed by atoms with E-state index in [2.05, 4.69) is 24.1 Å². The van der Waals surface area contributed by atoms with E-state index >= 15 is 0 Å². The number of hydrogen-bond acceptors (Lipinski definition) is 3. The first-order chi connectivity index (χ1) is 8.66. The maximum Gasteiger partial charge on any atom is 0.223 e. The molecule has 1 fully saturated rings. The zero-order chi connectivity index (χ0) is 13.0. The maximum atomic E-state index is 12.2. The molecule has 0 bridgehead atoms. The van der Waals surface area contributed by atoms with Crippen LogP contribution in [-0.4, -0.2) is 41.5 Å². The Kier molecular flexibility index (Phi) is 6.25. The Morgan fingerprint density at radius 3 is 2.84 bits per heavy atom. The molecule has 0 spiro atoms. The van der Waals surface area contributed by atoms with Gasteiger partial charge in [-0.3, -0.25) is 9.78 Å². The number of carbonyl (C=O) groups is 1. The molecule has 0 aromatic carbocycles. The lowest BCUT2D eigenvalue weighted by Gasteiger charge is -2.32. The summed E-state index contributed by atoms with van der Waals surface area (Å²) in [5.74, 6) is 0.512. The van der Waals surface area contributed by atoms with E-state index in [0.717, 1.165) is 19.6 Å². The first-order valence-electron chi connectivity index (χ1n) is 6.58. The lowest BCUT2D eigenvalue weighted by Crippen LogP contribution is -2.51. The van der Waals surface area contributed by atoms with Crippen molar-refractivity contribution in [2.45, 2.75) is 32.2 Å². The van der Waals surface area contributed by atoms with E-state index in [9.17, 15) is 4.79 Å². The number of hydrogen-bond donors (Lipinski definition) is 1. The summed E-state index contributed by atoms with van der Waals surface area (Å²) < 4.78 is 0. The van der Waals surface area contributed by atoms with E-state index in [1.807, 2.05) is 17.0 Å². The second kappa shape index (κ2) is 7.46. The average molecular weight is 284 g/mol. The predicted octanol–water partition coefficient (Wildman–Crippen LogP) is 1.82. The number of carbonyl (C=O) groups excluding carboxylic acids is 1. The van der Waals surface area contributed by atoms with E-state index in [-0.39, 0.29) is 24.2 Å². The van der Waals surface area contributed by atoms with Gasteiger partial charge in [0.15, 0.2) is 0 Å². The van der Waals surface area contributed by atoms with Crippen molar-refractivity contribution in [1.82, 2.24) is 15.2 Å². The standard InChI is InChI=1S/C14H21N3O.ClH/c1-11(13-3-5-15-6-4-13)9-14(18)17-8-7-16-12(2)10-17;/h3-6,11-12,16H,7-10H2,1-2H3;1H. The normalized spacial score (nSPS) is 20.5. The van der Waals surface area contributed by atoms with Crippen molar-refractivity contribution in [3.8, 4) is 0 Å². The molecule has 19 heavy (non-hydrogen) atoms. The van der Waals surface area contributed by atoms with E-state index < -0.39 is 0 Å². The van der Waals surface area contributed by atoms with Crippen LogP contribution in [0.1, 0.15) is 31.7 Å². The van der Waals surface area contributed by atoms with Gasteiger partial charge in [-0.2, -0.15) is 0 Å². The van der Waals surface area contributed by atoms with Crippen LogP contribution in [0, 0.1) is 0 Å². The molecule has 0 saturated carbocycles. The fraction of sp³-hybridized carbons (Fsp3) is 0.571. The number of piperazine rings is 1. The predicted molar refractivity (Wildman–Crippen MR) is 78.6 cm³/mol. The molecule has 1 aromatic rings. The molecule has 2 rings (SSSR count). The Morgan fingerprint density at radius 1 is 1.53 bits per heavy atom. The molecular weight excluding hydrogens is 262 g/mol. The van der Waals surface area contributed by atoms with Gasteiger partial charge in [-0.25, -0.2) is 0 Å². The van der Waals surface area contributed by atoms with E-state index in [4.69, 9.17) is 0 Å². The van der Waals surface area contributed by atoms with Crippen LogP contribution >= 0.6 is 12.4 Å². The smallest absolute Gasteiger partial charge is 0.223 e. The lowest BCUT2D eigenvalue weighted by molar-refractivity contribution is -0.132. The zero-order valence-electron chi connectivity index (χ0n) is 11.5. The summed E-state index contributed by atoms with van der Waals surface area (Å²) in [6.07, 6.45) is 4.14. The highest BCUT2D eigenvalue weighted by atomic mass is 35.5. The highest BCUT2D eigenvalue weighted by Crippen LogP contribution is 2.19. The minimum atomic E-state index is 0. The van der Waals surface area contributed by atoms with Crippen LogP contribution in [-0.2, 0) is 4.79 Å². The van der Waals surface area contributed by atoms with Gasteiger partial charge in [0.25, 0.3) is 0 Å². The van der Waals surface area contributed by atoms with Crippen LogP contribution in [0.15, 0.2) is 24.5 Å². The van der Waals surface area contributed by atoms with E-state index in [1.54, 1.807) is 12.4 Å². The minimum absolute atomic E-state index is 0. The minimum Gasteiger partial charge on any atom is -0.340 e. The molecule has 2 unspecified atom stereocenters. The van der Waals surface area contributed by atoms with Crippen LogP contribution < -0.4 is 5.32 Å². The second-order valence-corrected chi connectivity index (χ2v) is 5.08. The number of halogens is 1. The molecule has 0 radical (unpaired) electrons. The van der Waals surface area contributed by atoms with Gasteiger partial charge < -0.3 is 10.2 Å². The van der Waals surface area contributed by atoms with Gasteiger partial charge in [0.1, 0.15) is 0 Å². The summed E-state index contributed by atoms with van der Waals surface area (Å²) in [4.78, 5) is 18.2. The van der Waals surface area contributed by atoms with Crippen molar-refractivity contribution in [3.63, 3.8) is 0 Å². The third kappa shape index (κ3) is 4.48. The number of aromatic nitrogens is 1. The van der Waals surface area contributed by atoms with Crippen LogP contribution in [0.2, 0.25) is 0 Å². The number of nitrogens with one attached hydrogen (secondary N) is 1. The fourth-order valence-corrected chi connectivity index (χ4v) is 2.36. The molecule has 1 saturated heterocycles. The van der Waals surface area contributed by atoms with Gasteiger partial charge in [0.2, 0.25) is 5.91 Å². The summed E-state index contributed by atoms with van der Waals surface area (Å²) >= 11 is 0. The molecule has 1 aliphatic rings. The summed E-state index contributed by atoms with van der Waals surface area (Å²) in [7, 11) is 0. The highest BCUT2D eigenvalue weighted by molar-refractivity contribution is 5.85. The first-order valence-corrected chi connectivity index (χ1v) is 6.58. The summed E-state index contributed by atoms with van der Waals surface area (Å²) in [6, 6.07) is 4.37. The van der Waals surface area contributed by atoms with Gasteiger partial charge in [-0.15, -0.1) is 12.4 Å². The Labute approximate surface area is 121 Å². The third-order valence-corrected chi connectivity index (χ3v) is 3.48. The molecule has 1 amide bonds. The van der Waals surface area contributed by atoms with Gasteiger partial charge >= 0.3 is 0 Å². The molecule has 0 aliphatic carbocycles. The van der Waals surface area contributed by atoms with Crippen molar-refractivity contribution in [2.24, 2.45) is 0 Å². The largest absolute Gasteiger partial charge is 0.340 e. The van der Waals surface area contributed by atoms with Crippen LogP contribution in [0.25, 0.3) is 0 Å². The van der Waals surface area contributed by atoms with Crippen molar-refractivity contribution >= 4 is 18.3 Å². The van der Waals surface area contributed by atoms with Crippen LogP contribution in [0.3, 0.4) is 0 Å².